The Morgan fingerprint density at radius 3 is 2.17 bits per heavy atom. The van der Waals surface area contributed by atoms with E-state index in [0.717, 1.165) is 18.8 Å². The van der Waals surface area contributed by atoms with Gasteiger partial charge < -0.3 is 10.4 Å². The first-order valence-corrected chi connectivity index (χ1v) is 7.87. The molecule has 0 spiro atoms. The van der Waals surface area contributed by atoms with Crippen molar-refractivity contribution in [3.05, 3.63) is 0 Å². The van der Waals surface area contributed by atoms with Gasteiger partial charge in [0, 0.05) is 12.1 Å². The molecular formula is C16H29NO. The van der Waals surface area contributed by atoms with Crippen molar-refractivity contribution in [2.75, 3.05) is 0 Å². The van der Waals surface area contributed by atoms with Crippen LogP contribution in [0.4, 0.5) is 0 Å². The molecule has 0 aromatic carbocycles. The predicted molar refractivity (Wildman–Crippen MR) is 74.4 cm³/mol. The van der Waals surface area contributed by atoms with Crippen molar-refractivity contribution >= 4 is 0 Å². The van der Waals surface area contributed by atoms with Crippen LogP contribution in [-0.2, 0) is 0 Å². The highest BCUT2D eigenvalue weighted by Gasteiger charge is 2.61. The predicted octanol–water partition coefficient (Wildman–Crippen LogP) is 3.09. The zero-order chi connectivity index (χ0) is 13.0. The van der Waals surface area contributed by atoms with Gasteiger partial charge in [-0.15, -0.1) is 0 Å². The lowest BCUT2D eigenvalue weighted by Crippen LogP contribution is -2.49. The molecule has 104 valence electrons. The molecule has 3 fully saturated rings. The Morgan fingerprint density at radius 2 is 1.67 bits per heavy atom. The van der Waals surface area contributed by atoms with Gasteiger partial charge in [0.05, 0.1) is 6.10 Å². The van der Waals surface area contributed by atoms with Gasteiger partial charge in [0.25, 0.3) is 0 Å². The van der Waals surface area contributed by atoms with Crippen molar-refractivity contribution in [1.82, 2.24) is 5.32 Å². The van der Waals surface area contributed by atoms with Crippen LogP contribution in [0.15, 0.2) is 0 Å². The van der Waals surface area contributed by atoms with Crippen molar-refractivity contribution in [2.24, 2.45) is 16.7 Å². The second-order valence-electron chi connectivity index (χ2n) is 7.84. The second kappa shape index (κ2) is 4.21. The third-order valence-electron chi connectivity index (χ3n) is 6.93. The molecule has 2 bridgehead atoms. The van der Waals surface area contributed by atoms with Crippen LogP contribution in [0.25, 0.3) is 0 Å². The summed E-state index contributed by atoms with van der Waals surface area (Å²) in [5.41, 5.74) is 1.01. The summed E-state index contributed by atoms with van der Waals surface area (Å²) in [5, 5.41) is 13.6. The van der Waals surface area contributed by atoms with Crippen molar-refractivity contribution in [1.29, 1.82) is 0 Å². The number of nitrogens with one attached hydrogen (secondary N) is 1. The fraction of sp³-hybridized carbons (Fsp3) is 1.00. The summed E-state index contributed by atoms with van der Waals surface area (Å²) in [4.78, 5) is 0. The number of hydrogen-bond donors (Lipinski definition) is 2. The average Bonchev–Trinajstić information content (AvgIpc) is 2.65. The van der Waals surface area contributed by atoms with Crippen LogP contribution in [0.3, 0.4) is 0 Å². The van der Waals surface area contributed by atoms with E-state index in [0.29, 0.717) is 22.9 Å². The fourth-order valence-corrected chi connectivity index (χ4v) is 4.98. The maximum atomic E-state index is 9.60. The van der Waals surface area contributed by atoms with Gasteiger partial charge in [-0.25, -0.2) is 0 Å². The summed E-state index contributed by atoms with van der Waals surface area (Å²) < 4.78 is 0. The molecule has 3 saturated carbocycles. The van der Waals surface area contributed by atoms with E-state index in [2.05, 4.69) is 26.1 Å². The number of aliphatic hydroxyl groups excluding tert-OH is 1. The molecule has 0 amide bonds. The minimum Gasteiger partial charge on any atom is -0.393 e. The SMILES string of the molecule is CC1(C)C2CCC1(C)C(NC1CCC(O)CC1)C2. The van der Waals surface area contributed by atoms with Crippen LogP contribution in [0.2, 0.25) is 0 Å². The first kappa shape index (κ1) is 12.9. The smallest absolute Gasteiger partial charge is 0.0541 e. The van der Waals surface area contributed by atoms with Crippen molar-refractivity contribution in [3.8, 4) is 0 Å². The van der Waals surface area contributed by atoms with Crippen LogP contribution in [0.1, 0.15) is 65.7 Å². The molecule has 2 N–H and O–H groups in total. The highest BCUT2D eigenvalue weighted by atomic mass is 16.3. The van der Waals surface area contributed by atoms with Crippen molar-refractivity contribution in [3.63, 3.8) is 0 Å². The summed E-state index contributed by atoms with van der Waals surface area (Å²) in [7, 11) is 0. The van der Waals surface area contributed by atoms with E-state index in [4.69, 9.17) is 0 Å². The van der Waals surface area contributed by atoms with E-state index in [9.17, 15) is 5.11 Å². The summed E-state index contributed by atoms with van der Waals surface area (Å²) in [6, 6.07) is 1.37. The first-order valence-electron chi connectivity index (χ1n) is 7.87. The molecular weight excluding hydrogens is 222 g/mol. The molecule has 0 aromatic rings. The monoisotopic (exact) mass is 251 g/mol. The molecule has 2 nitrogen and oxygen atoms in total. The van der Waals surface area contributed by atoms with Gasteiger partial charge in [0.1, 0.15) is 0 Å². The quantitative estimate of drug-likeness (QED) is 0.790. The third-order valence-corrected chi connectivity index (χ3v) is 6.93. The van der Waals surface area contributed by atoms with Gasteiger partial charge >= 0.3 is 0 Å². The number of fused-ring (bicyclic) bond motifs is 2. The summed E-state index contributed by atoms with van der Waals surface area (Å²) in [5.74, 6) is 0.925. The van der Waals surface area contributed by atoms with Crippen LogP contribution in [0.5, 0.6) is 0 Å². The maximum Gasteiger partial charge on any atom is 0.0541 e. The third kappa shape index (κ3) is 1.76. The minimum absolute atomic E-state index is 0.0323. The van der Waals surface area contributed by atoms with Gasteiger partial charge in [0.15, 0.2) is 0 Å². The molecule has 3 rings (SSSR count). The molecule has 0 aromatic heterocycles. The molecule has 0 aliphatic heterocycles. The Kier molecular flexibility index (Phi) is 3.02. The van der Waals surface area contributed by atoms with Gasteiger partial charge in [-0.3, -0.25) is 0 Å². The molecule has 18 heavy (non-hydrogen) atoms. The molecule has 0 radical (unpaired) electrons. The zero-order valence-corrected chi connectivity index (χ0v) is 12.2. The van der Waals surface area contributed by atoms with E-state index in [1.165, 1.54) is 32.1 Å². The molecule has 0 heterocycles. The van der Waals surface area contributed by atoms with E-state index in [1.807, 2.05) is 0 Å². The van der Waals surface area contributed by atoms with Gasteiger partial charge in [-0.05, 0) is 61.7 Å². The Bertz CT molecular complexity index is 319. The van der Waals surface area contributed by atoms with E-state index < -0.39 is 0 Å². The molecule has 2 heteroatoms. The second-order valence-corrected chi connectivity index (χ2v) is 7.84. The standard InChI is InChI=1S/C16H29NO/c1-15(2)11-8-9-16(15,3)14(10-11)17-12-4-6-13(18)7-5-12/h11-14,17-18H,4-10H2,1-3H3. The van der Waals surface area contributed by atoms with Gasteiger partial charge in [0.2, 0.25) is 0 Å². The molecule has 3 aliphatic rings. The lowest BCUT2D eigenvalue weighted by atomic mass is 9.69. The number of aliphatic hydroxyl groups is 1. The van der Waals surface area contributed by atoms with Crippen molar-refractivity contribution in [2.45, 2.75) is 83.9 Å². The molecule has 0 saturated heterocycles. The van der Waals surface area contributed by atoms with E-state index >= 15 is 0 Å². The fourth-order valence-electron chi connectivity index (χ4n) is 4.98. The molecule has 3 unspecified atom stereocenters. The van der Waals surface area contributed by atoms with Gasteiger partial charge in [-0.1, -0.05) is 20.8 Å². The van der Waals surface area contributed by atoms with Crippen LogP contribution in [0, 0.1) is 16.7 Å². The van der Waals surface area contributed by atoms with Crippen molar-refractivity contribution < 1.29 is 5.11 Å². The van der Waals surface area contributed by atoms with Gasteiger partial charge in [-0.2, -0.15) is 0 Å². The van der Waals surface area contributed by atoms with Crippen LogP contribution >= 0.6 is 0 Å². The number of hydrogen-bond acceptors (Lipinski definition) is 2. The number of rotatable bonds is 2. The topological polar surface area (TPSA) is 32.3 Å². The highest BCUT2D eigenvalue weighted by Crippen LogP contribution is 2.65. The highest BCUT2D eigenvalue weighted by molar-refractivity contribution is 5.13. The average molecular weight is 251 g/mol. The van der Waals surface area contributed by atoms with Crippen LogP contribution < -0.4 is 5.32 Å². The first-order chi connectivity index (χ1) is 8.43. The minimum atomic E-state index is -0.0323. The maximum absolute atomic E-state index is 9.60. The largest absolute Gasteiger partial charge is 0.393 e. The zero-order valence-electron chi connectivity index (χ0n) is 12.2. The summed E-state index contributed by atoms with van der Waals surface area (Å²) in [6.07, 6.45) is 8.50. The Morgan fingerprint density at radius 1 is 1.00 bits per heavy atom. The lowest BCUT2D eigenvalue weighted by Gasteiger charge is -2.42. The van der Waals surface area contributed by atoms with Crippen LogP contribution in [-0.4, -0.2) is 23.3 Å². The Hall–Kier alpha value is -0.0800. The normalized spacial score (nSPS) is 50.7. The Balaban J connectivity index is 1.65. The molecule has 3 atom stereocenters. The van der Waals surface area contributed by atoms with E-state index in [1.54, 1.807) is 0 Å². The summed E-state index contributed by atoms with van der Waals surface area (Å²) in [6.45, 7) is 7.48. The molecule has 3 aliphatic carbocycles. The summed E-state index contributed by atoms with van der Waals surface area (Å²) >= 11 is 0. The lowest BCUT2D eigenvalue weighted by molar-refractivity contribution is 0.0882. The van der Waals surface area contributed by atoms with E-state index in [-0.39, 0.29) is 6.10 Å². The Labute approximate surface area is 112 Å².